The highest BCUT2D eigenvalue weighted by Gasteiger charge is 2.34. The molecule has 4 rings (SSSR count). The molecule has 0 saturated heterocycles. The lowest BCUT2D eigenvalue weighted by atomic mass is 9.98. The first-order valence-electron chi connectivity index (χ1n) is 12.0. The largest absolute Gasteiger partial charge is 0.491 e. The van der Waals surface area contributed by atoms with Crippen molar-refractivity contribution in [2.45, 2.75) is 31.6 Å². The Morgan fingerprint density at radius 2 is 1.47 bits per heavy atom. The second-order valence-corrected chi connectivity index (χ2v) is 8.93. The minimum Gasteiger partial charge on any atom is -0.491 e. The Kier molecular flexibility index (Phi) is 8.42. The Labute approximate surface area is 218 Å². The standard InChI is InChI=1S/C27H29NO10/c1-36-24(34)7-6-23(33)28-10-15-8-18(37-13-16(31)11-29)2-4-20(15)25-26(27(25)35)21-5-3-19(9-22(21)28)38-14-17(32)12-30/h2-5,8-9,16-17,29-32H,6-7,10-14H2,1H3/t16-,17-/m0/s1. The van der Waals surface area contributed by atoms with Crippen molar-refractivity contribution >= 4 is 17.6 Å². The van der Waals surface area contributed by atoms with E-state index in [1.165, 1.54) is 12.0 Å². The van der Waals surface area contributed by atoms with E-state index in [9.17, 15) is 24.6 Å². The Bertz CT molecular complexity index is 1330. The average molecular weight is 528 g/mol. The van der Waals surface area contributed by atoms with Gasteiger partial charge in [0.15, 0.2) is 5.43 Å². The number of hydrogen-bond donors (Lipinski definition) is 4. The lowest BCUT2D eigenvalue weighted by molar-refractivity contribution is -0.141. The summed E-state index contributed by atoms with van der Waals surface area (Å²) in [5.74, 6) is -0.242. The van der Waals surface area contributed by atoms with Gasteiger partial charge in [-0.15, -0.1) is 0 Å². The molecule has 0 radical (unpaired) electrons. The maximum absolute atomic E-state index is 13.4. The molecule has 1 heterocycles. The Hall–Kier alpha value is -3.77. The smallest absolute Gasteiger partial charge is 0.306 e. The van der Waals surface area contributed by atoms with E-state index in [1.807, 2.05) is 0 Å². The van der Waals surface area contributed by atoms with Crippen molar-refractivity contribution < 1.29 is 44.2 Å². The molecule has 11 nitrogen and oxygen atoms in total. The number of rotatable bonds is 11. The highest BCUT2D eigenvalue weighted by atomic mass is 16.5. The second kappa shape index (κ2) is 11.7. The zero-order valence-electron chi connectivity index (χ0n) is 20.8. The van der Waals surface area contributed by atoms with E-state index in [0.717, 1.165) is 0 Å². The number of ether oxygens (including phenoxy) is 3. The quantitative estimate of drug-likeness (QED) is 0.259. The molecule has 1 aliphatic rings. The normalized spacial score (nSPS) is 14.0. The van der Waals surface area contributed by atoms with Gasteiger partial charge in [-0.2, -0.15) is 0 Å². The molecule has 0 saturated carbocycles. The number of methoxy groups -OCH3 is 1. The van der Waals surface area contributed by atoms with Crippen LogP contribution in [0.25, 0.3) is 22.3 Å². The van der Waals surface area contributed by atoms with Gasteiger partial charge in [0, 0.05) is 29.2 Å². The zero-order valence-corrected chi connectivity index (χ0v) is 20.8. The molecule has 2 atom stereocenters. The van der Waals surface area contributed by atoms with Crippen molar-refractivity contribution in [1.82, 2.24) is 0 Å². The van der Waals surface area contributed by atoms with Gasteiger partial charge in [0.2, 0.25) is 5.91 Å². The second-order valence-electron chi connectivity index (χ2n) is 8.93. The molecule has 4 N–H and O–H groups in total. The van der Waals surface area contributed by atoms with Crippen LogP contribution in [0.3, 0.4) is 0 Å². The zero-order chi connectivity index (χ0) is 27.4. The van der Waals surface area contributed by atoms with Crippen molar-refractivity contribution in [3.8, 4) is 33.8 Å². The van der Waals surface area contributed by atoms with Crippen LogP contribution < -0.4 is 19.8 Å². The number of anilines is 1. The molecule has 11 heteroatoms. The van der Waals surface area contributed by atoms with E-state index in [-0.39, 0.29) is 38.0 Å². The van der Waals surface area contributed by atoms with E-state index < -0.39 is 37.3 Å². The number of aliphatic hydroxyl groups excluding tert-OH is 4. The molecule has 3 aromatic carbocycles. The number of fused-ring (bicyclic) bond motifs is 5. The Balaban J connectivity index is 1.75. The van der Waals surface area contributed by atoms with Crippen LogP contribution in [-0.2, 0) is 20.9 Å². The van der Waals surface area contributed by atoms with Gasteiger partial charge in [0.1, 0.15) is 36.9 Å². The van der Waals surface area contributed by atoms with Crippen molar-refractivity contribution in [1.29, 1.82) is 0 Å². The molecular formula is C27H29NO10. The summed E-state index contributed by atoms with van der Waals surface area (Å²) < 4.78 is 15.8. The van der Waals surface area contributed by atoms with Crippen LogP contribution in [-0.4, -0.2) is 78.0 Å². The average Bonchev–Trinajstić information content (AvgIpc) is 3.59. The minimum atomic E-state index is -1.09. The number of amides is 1. The summed E-state index contributed by atoms with van der Waals surface area (Å²) in [6.07, 6.45) is -2.44. The van der Waals surface area contributed by atoms with Gasteiger partial charge >= 0.3 is 5.97 Å². The number of aliphatic hydroxyl groups is 4. The topological polar surface area (TPSA) is 163 Å². The van der Waals surface area contributed by atoms with Crippen LogP contribution in [0.5, 0.6) is 11.5 Å². The van der Waals surface area contributed by atoms with Gasteiger partial charge in [-0.1, -0.05) is 6.07 Å². The van der Waals surface area contributed by atoms with Crippen LogP contribution in [0, 0.1) is 0 Å². The first-order chi connectivity index (χ1) is 18.3. The van der Waals surface area contributed by atoms with Crippen LogP contribution in [0.15, 0.2) is 41.2 Å². The lowest BCUT2D eigenvalue weighted by Crippen LogP contribution is -2.32. The fourth-order valence-corrected chi connectivity index (χ4v) is 4.17. The highest BCUT2D eigenvalue weighted by molar-refractivity contribution is 6.06. The monoisotopic (exact) mass is 527 g/mol. The number of nitrogens with zero attached hydrogens (tertiary/aromatic N) is 1. The van der Waals surface area contributed by atoms with E-state index in [4.69, 9.17) is 19.7 Å². The molecule has 0 aromatic heterocycles. The van der Waals surface area contributed by atoms with Crippen molar-refractivity contribution in [2.24, 2.45) is 0 Å². The number of carbonyl (C=O) groups is 2. The van der Waals surface area contributed by atoms with Gasteiger partial charge in [0.05, 0.1) is 39.0 Å². The van der Waals surface area contributed by atoms with Crippen molar-refractivity contribution in [2.75, 3.05) is 38.4 Å². The summed E-state index contributed by atoms with van der Waals surface area (Å²) in [6.45, 7) is -1.23. The minimum absolute atomic E-state index is 0.0366. The van der Waals surface area contributed by atoms with E-state index in [0.29, 0.717) is 45.0 Å². The number of carbonyl (C=O) groups excluding carboxylic acids is 2. The summed E-state index contributed by atoms with van der Waals surface area (Å²) in [4.78, 5) is 39.6. The number of hydrogen-bond acceptors (Lipinski definition) is 10. The number of benzene rings is 2. The van der Waals surface area contributed by atoms with Gasteiger partial charge in [-0.25, -0.2) is 0 Å². The van der Waals surface area contributed by atoms with Crippen molar-refractivity contribution in [3.05, 3.63) is 52.2 Å². The summed E-state index contributed by atoms with van der Waals surface area (Å²) in [7, 11) is 1.24. The maximum atomic E-state index is 13.4. The van der Waals surface area contributed by atoms with Crippen LogP contribution in [0.1, 0.15) is 18.4 Å². The van der Waals surface area contributed by atoms with Gasteiger partial charge < -0.3 is 39.5 Å². The Morgan fingerprint density at radius 3 is 2.08 bits per heavy atom. The van der Waals surface area contributed by atoms with Crippen LogP contribution >= 0.6 is 0 Å². The predicted octanol–water partition coefficient (Wildman–Crippen LogP) is 0.520. The maximum Gasteiger partial charge on any atom is 0.306 e. The molecule has 0 aliphatic carbocycles. The fourth-order valence-electron chi connectivity index (χ4n) is 4.17. The summed E-state index contributed by atoms with van der Waals surface area (Å²) in [6, 6.07) is 9.88. The molecule has 0 bridgehead atoms. The third kappa shape index (κ3) is 5.86. The lowest BCUT2D eigenvalue weighted by Gasteiger charge is -2.28. The Morgan fingerprint density at radius 1 is 0.895 bits per heavy atom. The summed E-state index contributed by atoms with van der Waals surface area (Å²) in [5.41, 5.74) is 2.99. The number of esters is 1. The molecular weight excluding hydrogens is 498 g/mol. The molecule has 1 aliphatic heterocycles. The molecule has 3 aromatic rings. The molecule has 0 fully saturated rings. The molecule has 38 heavy (non-hydrogen) atoms. The molecule has 0 unspecified atom stereocenters. The molecule has 202 valence electrons. The van der Waals surface area contributed by atoms with E-state index in [1.54, 1.807) is 36.4 Å². The van der Waals surface area contributed by atoms with Gasteiger partial charge in [-0.05, 0) is 35.4 Å². The third-order valence-corrected chi connectivity index (χ3v) is 6.22. The van der Waals surface area contributed by atoms with Crippen molar-refractivity contribution in [3.63, 3.8) is 0 Å². The van der Waals surface area contributed by atoms with Gasteiger partial charge in [-0.3, -0.25) is 14.4 Å². The van der Waals surface area contributed by atoms with Crippen LogP contribution in [0.2, 0.25) is 0 Å². The summed E-state index contributed by atoms with van der Waals surface area (Å²) in [5, 5.41) is 37.4. The first kappa shape index (κ1) is 27.3. The van der Waals surface area contributed by atoms with Gasteiger partial charge in [0.25, 0.3) is 0 Å². The predicted molar refractivity (Wildman–Crippen MR) is 136 cm³/mol. The summed E-state index contributed by atoms with van der Waals surface area (Å²) >= 11 is 0. The SMILES string of the molecule is COC(=O)CCC(=O)N1Cc2cc(OC[C@@H](O)CO)ccc2-c2c(c2=O)-c2ccc(OC[C@@H](O)CO)cc21. The fraction of sp³-hybridized carbons (Fsp3) is 0.370. The molecule has 0 spiro atoms. The molecule has 1 amide bonds. The first-order valence-corrected chi connectivity index (χ1v) is 12.0. The van der Waals surface area contributed by atoms with E-state index >= 15 is 0 Å². The highest BCUT2D eigenvalue weighted by Crippen LogP contribution is 2.46. The van der Waals surface area contributed by atoms with Crippen LogP contribution in [0.4, 0.5) is 5.69 Å². The van der Waals surface area contributed by atoms with E-state index in [2.05, 4.69) is 4.74 Å². The third-order valence-electron chi connectivity index (χ3n) is 6.22.